The summed E-state index contributed by atoms with van der Waals surface area (Å²) in [5.41, 5.74) is 2.19. The molecule has 4 rings (SSSR count). The first-order valence-corrected chi connectivity index (χ1v) is 11.4. The van der Waals surface area contributed by atoms with Crippen LogP contribution in [0.1, 0.15) is 26.6 Å². The van der Waals surface area contributed by atoms with Crippen molar-refractivity contribution in [2.75, 3.05) is 4.90 Å². The van der Waals surface area contributed by atoms with Crippen LogP contribution in [-0.4, -0.2) is 20.8 Å². The van der Waals surface area contributed by atoms with Gasteiger partial charge in [0.2, 0.25) is 0 Å². The molecule has 0 fully saturated rings. The van der Waals surface area contributed by atoms with E-state index in [-0.39, 0.29) is 23.8 Å². The zero-order valence-electron chi connectivity index (χ0n) is 17.0. The smallest absolute Gasteiger partial charge is 0.278 e. The van der Waals surface area contributed by atoms with Crippen molar-refractivity contribution in [3.8, 4) is 0 Å². The molecule has 4 aromatic rings. The molecule has 0 atom stereocenters. The number of nitro benzene ring substituents is 1. The zero-order valence-corrected chi connectivity index (χ0v) is 19.3. The number of benzene rings is 2. The molecule has 7 nitrogen and oxygen atoms in total. The number of pyridine rings is 1. The molecule has 0 N–H and O–H groups in total. The first-order valence-electron chi connectivity index (χ1n) is 9.75. The summed E-state index contributed by atoms with van der Waals surface area (Å²) in [6.07, 6.45) is 3.56. The van der Waals surface area contributed by atoms with E-state index in [0.717, 1.165) is 5.56 Å². The van der Waals surface area contributed by atoms with Crippen LogP contribution in [0.5, 0.6) is 0 Å². The van der Waals surface area contributed by atoms with Crippen LogP contribution in [0.4, 0.5) is 11.4 Å². The Bertz CT molecular complexity index is 1290. The van der Waals surface area contributed by atoms with Gasteiger partial charge in [-0.05, 0) is 35.4 Å². The Morgan fingerprint density at radius 1 is 1.06 bits per heavy atom. The van der Waals surface area contributed by atoms with Gasteiger partial charge in [0.1, 0.15) is 5.69 Å². The van der Waals surface area contributed by atoms with Gasteiger partial charge in [-0.2, -0.15) is 0 Å². The van der Waals surface area contributed by atoms with Gasteiger partial charge in [0.05, 0.1) is 16.5 Å². The molecule has 2 aromatic heterocycles. The van der Waals surface area contributed by atoms with E-state index in [0.29, 0.717) is 32.7 Å². The van der Waals surface area contributed by atoms with Gasteiger partial charge in [-0.3, -0.25) is 19.9 Å². The first kappa shape index (κ1) is 22.8. The number of carbonyl (C=O) groups is 1. The number of carbonyl (C=O) groups excluding carboxylic acids is 1. The molecule has 0 aliphatic heterocycles. The summed E-state index contributed by atoms with van der Waals surface area (Å²) < 4.78 is 0. The number of non-ortho nitro benzene ring substituents is 1. The number of nitro groups is 1. The number of rotatable bonds is 7. The van der Waals surface area contributed by atoms with Crippen molar-refractivity contribution in [2.24, 2.45) is 0 Å². The van der Waals surface area contributed by atoms with Crippen LogP contribution >= 0.6 is 34.5 Å². The Labute approximate surface area is 203 Å². The molecule has 1 amide bonds. The molecule has 0 spiro atoms. The molecule has 0 unspecified atom stereocenters. The van der Waals surface area contributed by atoms with Gasteiger partial charge >= 0.3 is 0 Å². The number of thiazole rings is 1. The van der Waals surface area contributed by atoms with Gasteiger partial charge in [0, 0.05) is 52.1 Å². The molecule has 0 bridgehead atoms. The van der Waals surface area contributed by atoms with E-state index < -0.39 is 4.92 Å². The fourth-order valence-electron chi connectivity index (χ4n) is 3.24. The Morgan fingerprint density at radius 2 is 1.76 bits per heavy atom. The molecule has 2 aromatic carbocycles. The second-order valence-corrected chi connectivity index (χ2v) is 8.78. The summed E-state index contributed by atoms with van der Waals surface area (Å²) in [6, 6.07) is 14.9. The molecule has 0 aliphatic rings. The summed E-state index contributed by atoms with van der Waals surface area (Å²) in [7, 11) is 0. The molecule has 33 heavy (non-hydrogen) atoms. The lowest BCUT2D eigenvalue weighted by Crippen LogP contribution is -2.30. The number of nitrogens with zero attached hydrogens (tertiary/aromatic N) is 4. The summed E-state index contributed by atoms with van der Waals surface area (Å²) in [5.74, 6) is -0.333. The highest BCUT2D eigenvalue weighted by atomic mass is 35.5. The van der Waals surface area contributed by atoms with E-state index in [9.17, 15) is 14.9 Å². The standard InChI is InChI=1S/C23H16Cl2N4O3S/c24-19-5-2-6-20(25)18(19)12-22-27-21(14-33-22)23(30)28(16-7-9-26-10-8-16)13-15-3-1-4-17(11-15)29(31)32/h1-11,14H,12-13H2. The van der Waals surface area contributed by atoms with Gasteiger partial charge in [-0.15, -0.1) is 11.3 Å². The minimum atomic E-state index is -0.464. The summed E-state index contributed by atoms with van der Waals surface area (Å²) in [4.78, 5) is 34.2. The van der Waals surface area contributed by atoms with Crippen molar-refractivity contribution in [1.29, 1.82) is 0 Å². The third kappa shape index (κ3) is 5.36. The predicted octanol–water partition coefficient (Wildman–Crippen LogP) is 6.19. The Balaban J connectivity index is 1.62. The van der Waals surface area contributed by atoms with Crippen LogP contribution in [0.3, 0.4) is 0 Å². The fourth-order valence-corrected chi connectivity index (χ4v) is 4.55. The van der Waals surface area contributed by atoms with E-state index in [2.05, 4.69) is 9.97 Å². The van der Waals surface area contributed by atoms with E-state index in [1.807, 2.05) is 0 Å². The molecule has 2 heterocycles. The third-order valence-corrected chi connectivity index (χ3v) is 6.40. The number of anilines is 1. The van der Waals surface area contributed by atoms with Crippen molar-refractivity contribution in [2.45, 2.75) is 13.0 Å². The zero-order chi connectivity index (χ0) is 23.4. The van der Waals surface area contributed by atoms with Crippen molar-refractivity contribution in [3.05, 3.63) is 114 Å². The highest BCUT2D eigenvalue weighted by Gasteiger charge is 2.22. The molecule has 0 saturated carbocycles. The Kier molecular flexibility index (Phi) is 6.98. The normalized spacial score (nSPS) is 10.7. The maximum absolute atomic E-state index is 13.4. The lowest BCUT2D eigenvalue weighted by molar-refractivity contribution is -0.384. The Hall–Kier alpha value is -3.33. The van der Waals surface area contributed by atoms with Gasteiger partial charge in [0.15, 0.2) is 0 Å². The highest BCUT2D eigenvalue weighted by molar-refractivity contribution is 7.09. The first-order chi connectivity index (χ1) is 15.9. The average Bonchev–Trinajstić information content (AvgIpc) is 3.29. The number of halogens is 2. The van der Waals surface area contributed by atoms with Gasteiger partial charge in [0.25, 0.3) is 11.6 Å². The lowest BCUT2D eigenvalue weighted by atomic mass is 10.1. The van der Waals surface area contributed by atoms with Crippen LogP contribution in [-0.2, 0) is 13.0 Å². The minimum absolute atomic E-state index is 0.0396. The number of amides is 1. The van der Waals surface area contributed by atoms with Crippen LogP contribution in [0.25, 0.3) is 0 Å². The van der Waals surface area contributed by atoms with Crippen molar-refractivity contribution < 1.29 is 9.72 Å². The third-order valence-electron chi connectivity index (χ3n) is 4.84. The maximum atomic E-state index is 13.4. The molecule has 0 aliphatic carbocycles. The molecule has 0 saturated heterocycles. The molecular formula is C23H16Cl2N4O3S. The second-order valence-electron chi connectivity index (χ2n) is 7.03. The quantitative estimate of drug-likeness (QED) is 0.223. The highest BCUT2D eigenvalue weighted by Crippen LogP contribution is 2.28. The van der Waals surface area contributed by atoms with E-state index in [4.69, 9.17) is 23.2 Å². The maximum Gasteiger partial charge on any atom is 0.278 e. The van der Waals surface area contributed by atoms with Crippen LogP contribution in [0, 0.1) is 10.1 Å². The lowest BCUT2D eigenvalue weighted by Gasteiger charge is -2.22. The summed E-state index contributed by atoms with van der Waals surface area (Å²) in [5, 5.41) is 14.6. The number of hydrogen-bond acceptors (Lipinski definition) is 6. The molecule has 10 heteroatoms. The van der Waals surface area contributed by atoms with Crippen LogP contribution in [0.15, 0.2) is 72.4 Å². The van der Waals surface area contributed by atoms with Gasteiger partial charge in [-0.1, -0.05) is 41.4 Å². The Morgan fingerprint density at radius 3 is 2.45 bits per heavy atom. The largest absolute Gasteiger partial charge is 0.302 e. The number of hydrogen-bond donors (Lipinski definition) is 0. The SMILES string of the molecule is O=C(c1csc(Cc2c(Cl)cccc2Cl)n1)N(Cc1cccc([N+](=O)[O-])c1)c1ccncc1. The van der Waals surface area contributed by atoms with Crippen molar-refractivity contribution in [1.82, 2.24) is 9.97 Å². The molecule has 0 radical (unpaired) electrons. The van der Waals surface area contributed by atoms with E-state index in [1.54, 1.807) is 60.2 Å². The minimum Gasteiger partial charge on any atom is -0.302 e. The molecule has 166 valence electrons. The van der Waals surface area contributed by atoms with E-state index in [1.165, 1.54) is 28.4 Å². The average molecular weight is 499 g/mol. The molecular weight excluding hydrogens is 483 g/mol. The monoisotopic (exact) mass is 498 g/mol. The summed E-state index contributed by atoms with van der Waals surface area (Å²) in [6.45, 7) is 0.133. The van der Waals surface area contributed by atoms with Crippen LogP contribution in [0.2, 0.25) is 10.0 Å². The van der Waals surface area contributed by atoms with Crippen molar-refractivity contribution >= 4 is 51.8 Å². The van der Waals surface area contributed by atoms with Crippen LogP contribution < -0.4 is 4.90 Å². The van der Waals surface area contributed by atoms with E-state index >= 15 is 0 Å². The number of aromatic nitrogens is 2. The van der Waals surface area contributed by atoms with Gasteiger partial charge < -0.3 is 4.90 Å². The predicted molar refractivity (Wildman–Crippen MR) is 129 cm³/mol. The topological polar surface area (TPSA) is 89.2 Å². The fraction of sp³-hybridized carbons (Fsp3) is 0.0870. The summed E-state index contributed by atoms with van der Waals surface area (Å²) >= 11 is 13.9. The van der Waals surface area contributed by atoms with Gasteiger partial charge in [-0.25, -0.2) is 4.98 Å². The van der Waals surface area contributed by atoms with Crippen molar-refractivity contribution in [3.63, 3.8) is 0 Å². The second kappa shape index (κ2) is 10.1.